The van der Waals surface area contributed by atoms with E-state index in [1.807, 2.05) is 18.2 Å². The highest BCUT2D eigenvalue weighted by molar-refractivity contribution is 5.95. The number of amides is 2. The van der Waals surface area contributed by atoms with Crippen LogP contribution in [0.3, 0.4) is 0 Å². The molecule has 0 radical (unpaired) electrons. The summed E-state index contributed by atoms with van der Waals surface area (Å²) < 4.78 is 16.1. The van der Waals surface area contributed by atoms with Crippen molar-refractivity contribution in [3.63, 3.8) is 0 Å². The minimum Gasteiger partial charge on any atom is -0.497 e. The van der Waals surface area contributed by atoms with E-state index in [2.05, 4.69) is 19.2 Å². The summed E-state index contributed by atoms with van der Waals surface area (Å²) in [6.45, 7) is 5.64. The van der Waals surface area contributed by atoms with E-state index in [1.54, 1.807) is 50.5 Å². The fraction of sp³-hybridized carbons (Fsp3) is 0.462. The van der Waals surface area contributed by atoms with Crippen LogP contribution in [0.25, 0.3) is 0 Å². The van der Waals surface area contributed by atoms with Gasteiger partial charge in [0.1, 0.15) is 17.2 Å². The van der Waals surface area contributed by atoms with Crippen LogP contribution in [-0.4, -0.2) is 57.7 Å². The number of nitrogens with one attached hydrogen (secondary N) is 1. The van der Waals surface area contributed by atoms with E-state index in [0.29, 0.717) is 48.4 Å². The molecule has 1 saturated heterocycles. The second kappa shape index (κ2) is 11.1. The molecule has 0 bridgehead atoms. The van der Waals surface area contributed by atoms with Crippen molar-refractivity contribution in [3.05, 3.63) is 53.6 Å². The summed E-state index contributed by atoms with van der Waals surface area (Å²) in [6.07, 6.45) is 0.906. The normalized spacial score (nSPS) is 17.7. The Kier molecular flexibility index (Phi) is 8.20. The predicted molar refractivity (Wildman–Crippen MR) is 127 cm³/mol. The number of ether oxygens (including phenoxy) is 3. The first-order chi connectivity index (χ1) is 15.9. The molecule has 2 atom stereocenters. The van der Waals surface area contributed by atoms with Gasteiger partial charge in [-0.2, -0.15) is 0 Å². The van der Waals surface area contributed by atoms with Gasteiger partial charge >= 0.3 is 0 Å². The van der Waals surface area contributed by atoms with Gasteiger partial charge in [-0.15, -0.1) is 0 Å². The molecule has 7 heteroatoms. The van der Waals surface area contributed by atoms with Gasteiger partial charge in [0.25, 0.3) is 5.91 Å². The van der Waals surface area contributed by atoms with Crippen LogP contribution in [-0.2, 0) is 4.79 Å². The number of carbonyl (C=O) groups excluding carboxylic acids is 2. The standard InChI is InChI=1S/C26H34N2O5/c1-17(2)12-13-27-25(29)23-16-28(26(30)18-6-8-19(31-3)9-7-18)15-22(23)21-11-10-20(32-4)14-24(21)33-5/h6-11,14,17,22-23H,12-13,15-16H2,1-5H3,(H,27,29)/t22-,23+/m1/s1. The molecule has 3 rings (SSSR count). The van der Waals surface area contributed by atoms with Crippen LogP contribution < -0.4 is 19.5 Å². The van der Waals surface area contributed by atoms with Gasteiger partial charge in [-0.25, -0.2) is 0 Å². The molecule has 0 unspecified atom stereocenters. The molecule has 0 aromatic heterocycles. The van der Waals surface area contributed by atoms with Crippen LogP contribution in [0.4, 0.5) is 0 Å². The van der Waals surface area contributed by atoms with E-state index in [4.69, 9.17) is 14.2 Å². The van der Waals surface area contributed by atoms with Gasteiger partial charge < -0.3 is 24.4 Å². The molecule has 1 fully saturated rings. The zero-order valence-electron chi connectivity index (χ0n) is 20.1. The summed E-state index contributed by atoms with van der Waals surface area (Å²) in [7, 11) is 4.79. The van der Waals surface area contributed by atoms with Crippen molar-refractivity contribution >= 4 is 11.8 Å². The van der Waals surface area contributed by atoms with Crippen LogP contribution in [0, 0.1) is 11.8 Å². The fourth-order valence-electron chi connectivity index (χ4n) is 4.21. The third-order valence-electron chi connectivity index (χ3n) is 6.14. The Labute approximate surface area is 196 Å². The van der Waals surface area contributed by atoms with Gasteiger partial charge in [0.05, 0.1) is 27.2 Å². The number of hydrogen-bond acceptors (Lipinski definition) is 5. The number of benzene rings is 2. The van der Waals surface area contributed by atoms with Crippen LogP contribution in [0.5, 0.6) is 17.2 Å². The molecule has 2 amide bonds. The Bertz CT molecular complexity index is 958. The van der Waals surface area contributed by atoms with Crippen molar-refractivity contribution in [2.45, 2.75) is 26.2 Å². The summed E-state index contributed by atoms with van der Waals surface area (Å²) in [5.74, 6) is 1.82. The lowest BCUT2D eigenvalue weighted by atomic mass is 9.87. The van der Waals surface area contributed by atoms with Crippen molar-refractivity contribution in [1.29, 1.82) is 0 Å². The van der Waals surface area contributed by atoms with Crippen molar-refractivity contribution < 1.29 is 23.8 Å². The van der Waals surface area contributed by atoms with Crippen molar-refractivity contribution in [1.82, 2.24) is 10.2 Å². The third kappa shape index (κ3) is 5.78. The molecule has 2 aromatic carbocycles. The lowest BCUT2D eigenvalue weighted by Crippen LogP contribution is -2.36. The van der Waals surface area contributed by atoms with E-state index in [9.17, 15) is 9.59 Å². The number of carbonyl (C=O) groups is 2. The Balaban J connectivity index is 1.87. The zero-order chi connectivity index (χ0) is 24.0. The summed E-state index contributed by atoms with van der Waals surface area (Å²) in [5.41, 5.74) is 1.46. The second-order valence-corrected chi connectivity index (χ2v) is 8.73. The van der Waals surface area contributed by atoms with Gasteiger partial charge in [0.15, 0.2) is 0 Å². The molecule has 1 aliphatic heterocycles. The van der Waals surface area contributed by atoms with Crippen LogP contribution in [0.15, 0.2) is 42.5 Å². The van der Waals surface area contributed by atoms with Gasteiger partial charge in [-0.3, -0.25) is 9.59 Å². The molecule has 0 saturated carbocycles. The summed E-state index contributed by atoms with van der Waals surface area (Å²) in [6, 6.07) is 12.6. The Morgan fingerprint density at radius 1 is 0.970 bits per heavy atom. The van der Waals surface area contributed by atoms with Gasteiger partial charge in [0.2, 0.25) is 5.91 Å². The van der Waals surface area contributed by atoms with E-state index < -0.39 is 0 Å². The Hall–Kier alpha value is -3.22. The van der Waals surface area contributed by atoms with Crippen LogP contribution in [0.2, 0.25) is 0 Å². The van der Waals surface area contributed by atoms with Crippen molar-refractivity contribution in [2.24, 2.45) is 11.8 Å². The first kappa shape index (κ1) is 24.4. The largest absolute Gasteiger partial charge is 0.497 e. The molecule has 0 aliphatic carbocycles. The first-order valence-electron chi connectivity index (χ1n) is 11.3. The maximum absolute atomic E-state index is 13.3. The quantitative estimate of drug-likeness (QED) is 0.625. The lowest BCUT2D eigenvalue weighted by molar-refractivity contribution is -0.124. The molecule has 0 spiro atoms. The Morgan fingerprint density at radius 3 is 2.24 bits per heavy atom. The van der Waals surface area contributed by atoms with Crippen LogP contribution >= 0.6 is 0 Å². The van der Waals surface area contributed by atoms with Gasteiger partial charge in [-0.05, 0) is 42.7 Å². The molecule has 178 valence electrons. The molecule has 1 heterocycles. The SMILES string of the molecule is COc1ccc(C(=O)N2C[C@H](C(=O)NCCC(C)C)[C@@H](c3ccc(OC)cc3OC)C2)cc1. The first-order valence-corrected chi connectivity index (χ1v) is 11.3. The molecule has 2 aromatic rings. The molecule has 1 N–H and O–H groups in total. The van der Waals surface area contributed by atoms with E-state index in [0.717, 1.165) is 12.0 Å². The highest BCUT2D eigenvalue weighted by atomic mass is 16.5. The highest BCUT2D eigenvalue weighted by Gasteiger charge is 2.41. The number of nitrogens with zero attached hydrogens (tertiary/aromatic N) is 1. The lowest BCUT2D eigenvalue weighted by Gasteiger charge is -2.21. The number of likely N-dealkylation sites (tertiary alicyclic amines) is 1. The minimum absolute atomic E-state index is 0.0384. The van der Waals surface area contributed by atoms with E-state index in [-0.39, 0.29) is 23.7 Å². The van der Waals surface area contributed by atoms with E-state index in [1.165, 1.54) is 0 Å². The minimum atomic E-state index is -0.373. The number of hydrogen-bond donors (Lipinski definition) is 1. The van der Waals surface area contributed by atoms with Gasteiger partial charge in [-0.1, -0.05) is 19.9 Å². The maximum Gasteiger partial charge on any atom is 0.253 e. The summed E-state index contributed by atoms with van der Waals surface area (Å²) in [5, 5.41) is 3.07. The smallest absolute Gasteiger partial charge is 0.253 e. The maximum atomic E-state index is 13.3. The zero-order valence-corrected chi connectivity index (χ0v) is 20.1. The second-order valence-electron chi connectivity index (χ2n) is 8.73. The van der Waals surface area contributed by atoms with E-state index >= 15 is 0 Å². The van der Waals surface area contributed by atoms with Crippen LogP contribution in [0.1, 0.15) is 42.1 Å². The average molecular weight is 455 g/mol. The average Bonchev–Trinajstić information content (AvgIpc) is 3.28. The molecular formula is C26H34N2O5. The topological polar surface area (TPSA) is 77.1 Å². The Morgan fingerprint density at radius 2 is 1.64 bits per heavy atom. The fourth-order valence-corrected chi connectivity index (χ4v) is 4.21. The summed E-state index contributed by atoms with van der Waals surface area (Å²) >= 11 is 0. The predicted octanol–water partition coefficient (Wildman–Crippen LogP) is 3.73. The number of rotatable bonds is 9. The third-order valence-corrected chi connectivity index (χ3v) is 6.14. The molecule has 7 nitrogen and oxygen atoms in total. The van der Waals surface area contributed by atoms with Gasteiger partial charge in [0, 0.05) is 42.7 Å². The van der Waals surface area contributed by atoms with Crippen molar-refractivity contribution in [2.75, 3.05) is 41.0 Å². The molecule has 33 heavy (non-hydrogen) atoms. The highest BCUT2D eigenvalue weighted by Crippen LogP contribution is 2.39. The molecular weight excluding hydrogens is 420 g/mol. The number of methoxy groups -OCH3 is 3. The van der Waals surface area contributed by atoms with Crippen molar-refractivity contribution in [3.8, 4) is 17.2 Å². The summed E-state index contributed by atoms with van der Waals surface area (Å²) in [4.78, 5) is 28.2. The molecule has 1 aliphatic rings. The monoisotopic (exact) mass is 454 g/mol.